The molecule has 2 heteroatoms. The zero-order valence-electron chi connectivity index (χ0n) is 45.8. The SMILES string of the molecule is CC1C=Cc2c(c3cc(N(c4ccccc4-c4ccccc4-c4ccccc4-c4ccccc4)c4cccc5c4-c4ccccc4C54c5cc(C(C)(C)C)ccc5-c5ccc(C(C)(C)C)cc54)ccc3n2-c2ccccc2)C1. The van der Waals surface area contributed by atoms with E-state index < -0.39 is 5.41 Å². The average Bonchev–Trinajstić information content (AvgIpc) is 4.20. The highest BCUT2D eigenvalue weighted by molar-refractivity contribution is 6.05. The lowest BCUT2D eigenvalue weighted by Gasteiger charge is -2.34. The Morgan fingerprint density at radius 1 is 0.436 bits per heavy atom. The van der Waals surface area contributed by atoms with E-state index in [0.29, 0.717) is 5.92 Å². The number of fused-ring (bicyclic) bond motifs is 13. The zero-order valence-corrected chi connectivity index (χ0v) is 45.8. The smallest absolute Gasteiger partial charge is 0.0726 e. The minimum atomic E-state index is -0.563. The molecular formula is C76H64N2. The van der Waals surface area contributed by atoms with Gasteiger partial charge < -0.3 is 9.47 Å². The highest BCUT2D eigenvalue weighted by Gasteiger charge is 2.53. The third kappa shape index (κ3) is 7.30. The van der Waals surface area contributed by atoms with Crippen LogP contribution in [0.25, 0.3) is 78.3 Å². The van der Waals surface area contributed by atoms with Crippen molar-refractivity contribution in [2.24, 2.45) is 5.92 Å². The molecule has 0 N–H and O–H groups in total. The second-order valence-corrected chi connectivity index (χ2v) is 24.1. The lowest BCUT2D eigenvalue weighted by atomic mass is 9.69. The van der Waals surface area contributed by atoms with Crippen molar-refractivity contribution >= 4 is 34.0 Å². The molecule has 14 rings (SSSR count). The summed E-state index contributed by atoms with van der Waals surface area (Å²) in [6.45, 7) is 16.4. The molecule has 1 spiro atoms. The van der Waals surface area contributed by atoms with Gasteiger partial charge in [0, 0.05) is 33.6 Å². The van der Waals surface area contributed by atoms with Crippen molar-refractivity contribution in [1.29, 1.82) is 0 Å². The normalized spacial score (nSPS) is 14.7. The number of nitrogens with zero attached hydrogens (tertiary/aromatic N) is 2. The van der Waals surface area contributed by atoms with Crippen molar-refractivity contribution in [2.45, 2.75) is 71.1 Å². The summed E-state index contributed by atoms with van der Waals surface area (Å²) in [6, 6.07) is 87.4. The van der Waals surface area contributed by atoms with Crippen molar-refractivity contribution in [1.82, 2.24) is 4.57 Å². The Balaban J connectivity index is 1.08. The van der Waals surface area contributed by atoms with E-state index in [4.69, 9.17) is 0 Å². The number of anilines is 3. The van der Waals surface area contributed by atoms with Gasteiger partial charge >= 0.3 is 0 Å². The van der Waals surface area contributed by atoms with E-state index in [1.165, 1.54) is 111 Å². The molecule has 1 aromatic heterocycles. The van der Waals surface area contributed by atoms with Gasteiger partial charge in [0.05, 0.1) is 22.3 Å². The Morgan fingerprint density at radius 2 is 0.962 bits per heavy atom. The molecule has 3 aliphatic carbocycles. The molecule has 0 amide bonds. The summed E-state index contributed by atoms with van der Waals surface area (Å²) in [6.07, 6.45) is 5.71. The van der Waals surface area contributed by atoms with Gasteiger partial charge in [-0.1, -0.05) is 243 Å². The summed E-state index contributed by atoms with van der Waals surface area (Å²) in [7, 11) is 0. The molecule has 378 valence electrons. The van der Waals surface area contributed by atoms with Crippen LogP contribution in [0.5, 0.6) is 0 Å². The zero-order chi connectivity index (χ0) is 53.1. The van der Waals surface area contributed by atoms with Crippen LogP contribution in [0, 0.1) is 5.92 Å². The largest absolute Gasteiger partial charge is 0.310 e. The molecular weight excluding hydrogens is 941 g/mol. The predicted octanol–water partition coefficient (Wildman–Crippen LogP) is 20.2. The third-order valence-corrected chi connectivity index (χ3v) is 17.3. The first-order chi connectivity index (χ1) is 37.9. The van der Waals surface area contributed by atoms with Crippen molar-refractivity contribution < 1.29 is 0 Å². The summed E-state index contributed by atoms with van der Waals surface area (Å²) in [5, 5.41) is 1.29. The van der Waals surface area contributed by atoms with Crippen molar-refractivity contribution in [3.05, 3.63) is 281 Å². The van der Waals surface area contributed by atoms with Crippen molar-refractivity contribution in [2.75, 3.05) is 4.90 Å². The monoisotopic (exact) mass is 1000 g/mol. The Bertz CT molecular complexity index is 4150. The number of para-hydroxylation sites is 2. The van der Waals surface area contributed by atoms with Crippen molar-refractivity contribution in [3.8, 4) is 61.3 Å². The van der Waals surface area contributed by atoms with Crippen molar-refractivity contribution in [3.63, 3.8) is 0 Å². The molecule has 0 saturated heterocycles. The molecule has 0 aliphatic heterocycles. The van der Waals surface area contributed by atoms with Crippen LogP contribution in [-0.4, -0.2) is 4.57 Å². The number of allylic oxidation sites excluding steroid dienone is 1. The molecule has 1 atom stereocenters. The van der Waals surface area contributed by atoms with Crippen LogP contribution in [-0.2, 0) is 22.7 Å². The van der Waals surface area contributed by atoms with Crippen LogP contribution >= 0.6 is 0 Å². The van der Waals surface area contributed by atoms with Gasteiger partial charge in [-0.05, 0) is 155 Å². The first kappa shape index (κ1) is 47.7. The summed E-state index contributed by atoms with van der Waals surface area (Å²) in [5.41, 5.74) is 28.2. The van der Waals surface area contributed by atoms with Gasteiger partial charge in [0.2, 0.25) is 0 Å². The molecule has 11 aromatic rings. The van der Waals surface area contributed by atoms with Crippen LogP contribution in [0.1, 0.15) is 93.1 Å². The maximum atomic E-state index is 2.62. The Labute approximate surface area is 460 Å². The van der Waals surface area contributed by atoms with Gasteiger partial charge in [0.15, 0.2) is 0 Å². The third-order valence-electron chi connectivity index (χ3n) is 17.3. The fraction of sp³-hybridized carbons (Fsp3) is 0.158. The minimum absolute atomic E-state index is 0.0480. The van der Waals surface area contributed by atoms with E-state index >= 15 is 0 Å². The van der Waals surface area contributed by atoms with E-state index in [2.05, 4.69) is 301 Å². The number of hydrogen-bond donors (Lipinski definition) is 0. The van der Waals surface area contributed by atoms with Gasteiger partial charge in [-0.2, -0.15) is 0 Å². The van der Waals surface area contributed by atoms with Crippen LogP contribution in [0.3, 0.4) is 0 Å². The number of rotatable bonds is 7. The van der Waals surface area contributed by atoms with Gasteiger partial charge in [-0.25, -0.2) is 0 Å². The first-order valence-corrected chi connectivity index (χ1v) is 28.0. The number of hydrogen-bond acceptors (Lipinski definition) is 1. The van der Waals surface area contributed by atoms with E-state index in [-0.39, 0.29) is 10.8 Å². The molecule has 3 aliphatic rings. The highest BCUT2D eigenvalue weighted by atomic mass is 15.1. The highest BCUT2D eigenvalue weighted by Crippen LogP contribution is 2.66. The first-order valence-electron chi connectivity index (χ1n) is 28.0. The Morgan fingerprint density at radius 3 is 1.62 bits per heavy atom. The van der Waals surface area contributed by atoms with Crippen LogP contribution in [0.15, 0.2) is 237 Å². The second kappa shape index (κ2) is 17.9. The molecule has 0 fully saturated rings. The van der Waals surface area contributed by atoms with Gasteiger partial charge in [0.1, 0.15) is 0 Å². The fourth-order valence-electron chi connectivity index (χ4n) is 13.6. The predicted molar refractivity (Wildman–Crippen MR) is 330 cm³/mol. The molecule has 1 unspecified atom stereocenters. The lowest BCUT2D eigenvalue weighted by Crippen LogP contribution is -2.27. The Hall–Kier alpha value is -8.72. The van der Waals surface area contributed by atoms with E-state index in [1.54, 1.807) is 0 Å². The number of aromatic nitrogens is 1. The summed E-state index contributed by atoms with van der Waals surface area (Å²) >= 11 is 0. The summed E-state index contributed by atoms with van der Waals surface area (Å²) in [4.78, 5) is 2.62. The summed E-state index contributed by atoms with van der Waals surface area (Å²) < 4.78 is 2.47. The lowest BCUT2D eigenvalue weighted by molar-refractivity contribution is 0.586. The average molecular weight is 1010 g/mol. The molecule has 10 aromatic carbocycles. The molecule has 0 radical (unpaired) electrons. The molecule has 0 bridgehead atoms. The molecule has 0 saturated carbocycles. The topological polar surface area (TPSA) is 8.17 Å². The quantitative estimate of drug-likeness (QED) is 0.154. The van der Waals surface area contributed by atoms with Gasteiger partial charge in [-0.3, -0.25) is 0 Å². The van der Waals surface area contributed by atoms with Gasteiger partial charge in [0.25, 0.3) is 0 Å². The molecule has 2 nitrogen and oxygen atoms in total. The Kier molecular flexibility index (Phi) is 11.0. The second-order valence-electron chi connectivity index (χ2n) is 24.1. The van der Waals surface area contributed by atoms with Crippen LogP contribution in [0.4, 0.5) is 17.1 Å². The minimum Gasteiger partial charge on any atom is -0.310 e. The van der Waals surface area contributed by atoms with Crippen LogP contribution in [0.2, 0.25) is 0 Å². The maximum absolute atomic E-state index is 2.62. The summed E-state index contributed by atoms with van der Waals surface area (Å²) in [5.74, 6) is 0.419. The maximum Gasteiger partial charge on any atom is 0.0726 e. The van der Waals surface area contributed by atoms with E-state index in [1.807, 2.05) is 0 Å². The van der Waals surface area contributed by atoms with Gasteiger partial charge in [-0.15, -0.1) is 0 Å². The van der Waals surface area contributed by atoms with Crippen LogP contribution < -0.4 is 4.90 Å². The van der Waals surface area contributed by atoms with E-state index in [9.17, 15) is 0 Å². The molecule has 78 heavy (non-hydrogen) atoms. The number of benzene rings is 10. The standard InChI is InChI=1S/C76H64N2/c1-49-37-43-70-63(45-49)64-48-54(40-44-71(64)77(70)53-25-12-9-13-26-53)78(69-35-21-19-31-61(69)58-30-17-16-29-57(58)56-28-15-14-27-55(56)50-23-10-8-11-24-50)72-36-22-34-66-73(72)62-32-18-20-33-65(62)76(66)67-46-51(74(2,3)4)38-41-59(67)60-42-39-52(47-68(60)76)75(5,6)7/h8-44,46-49H,45H2,1-7H3. The van der Waals surface area contributed by atoms with E-state index in [0.717, 1.165) is 29.0 Å². The fourth-order valence-corrected chi connectivity index (χ4v) is 13.6. The molecule has 1 heterocycles.